The summed E-state index contributed by atoms with van der Waals surface area (Å²) in [6.07, 6.45) is 3.44. The second-order valence-electron chi connectivity index (χ2n) is 8.04. The summed E-state index contributed by atoms with van der Waals surface area (Å²) in [5, 5.41) is 18.2. The highest BCUT2D eigenvalue weighted by Gasteiger charge is 2.55. The largest absolute Gasteiger partial charge is 0.332 e. The Morgan fingerprint density at radius 1 is 1.38 bits per heavy atom. The maximum Gasteiger partial charge on any atom is 0.276 e. The molecule has 2 atom stereocenters. The zero-order valence-corrected chi connectivity index (χ0v) is 15.6. The molecule has 2 aliphatic carbocycles. The lowest BCUT2D eigenvalue weighted by Gasteiger charge is -2.49. The minimum absolute atomic E-state index is 0.0744. The quantitative estimate of drug-likeness (QED) is 0.783. The van der Waals surface area contributed by atoms with Gasteiger partial charge in [0.25, 0.3) is 5.89 Å². The van der Waals surface area contributed by atoms with Crippen molar-refractivity contribution < 1.29 is 9.32 Å². The van der Waals surface area contributed by atoms with Crippen molar-refractivity contribution in [1.82, 2.24) is 19.9 Å². The van der Waals surface area contributed by atoms with E-state index >= 15 is 0 Å². The summed E-state index contributed by atoms with van der Waals surface area (Å²) in [5.41, 5.74) is 1.92. The van der Waals surface area contributed by atoms with Crippen molar-refractivity contribution in [1.29, 1.82) is 5.26 Å². The van der Waals surface area contributed by atoms with Crippen molar-refractivity contribution in [3.05, 3.63) is 28.7 Å². The van der Waals surface area contributed by atoms with E-state index in [0.717, 1.165) is 29.8 Å². The molecule has 7 heteroatoms. The Kier molecular flexibility index (Phi) is 3.30. The molecule has 0 spiro atoms. The van der Waals surface area contributed by atoms with Gasteiger partial charge in [-0.1, -0.05) is 32.0 Å². The van der Waals surface area contributed by atoms with Crippen molar-refractivity contribution in [3.63, 3.8) is 0 Å². The van der Waals surface area contributed by atoms with Crippen LogP contribution in [0.25, 0.3) is 11.6 Å². The fourth-order valence-corrected chi connectivity index (χ4v) is 4.88. The number of aryl methyl sites for hydroxylation is 2. The predicted molar refractivity (Wildman–Crippen MR) is 92.9 cm³/mol. The van der Waals surface area contributed by atoms with Gasteiger partial charge in [-0.3, -0.25) is 9.48 Å². The number of ketones is 1. The van der Waals surface area contributed by atoms with E-state index in [1.165, 1.54) is 0 Å². The van der Waals surface area contributed by atoms with Crippen LogP contribution in [0.5, 0.6) is 0 Å². The van der Waals surface area contributed by atoms with Gasteiger partial charge in [0, 0.05) is 23.4 Å². The van der Waals surface area contributed by atoms with Crippen LogP contribution < -0.4 is 0 Å². The third-order valence-corrected chi connectivity index (χ3v) is 6.06. The molecule has 1 unspecified atom stereocenters. The fourth-order valence-electron chi connectivity index (χ4n) is 4.88. The van der Waals surface area contributed by atoms with Gasteiger partial charge in [-0.25, -0.2) is 0 Å². The molecule has 26 heavy (non-hydrogen) atoms. The summed E-state index contributed by atoms with van der Waals surface area (Å²) in [6, 6.07) is 2.09. The Morgan fingerprint density at radius 2 is 2.12 bits per heavy atom. The molecule has 0 saturated heterocycles. The fraction of sp³-hybridized carbons (Fsp3) is 0.526. The van der Waals surface area contributed by atoms with Gasteiger partial charge < -0.3 is 4.52 Å². The van der Waals surface area contributed by atoms with Gasteiger partial charge >= 0.3 is 0 Å². The molecule has 0 saturated carbocycles. The summed E-state index contributed by atoms with van der Waals surface area (Å²) < 4.78 is 7.15. The molecule has 2 aliphatic rings. The number of allylic oxidation sites excluding steroid dienone is 2. The Balaban J connectivity index is 1.96. The number of hydrogen-bond donors (Lipinski definition) is 0. The van der Waals surface area contributed by atoms with Crippen LogP contribution in [-0.4, -0.2) is 25.7 Å². The molecule has 0 aromatic carbocycles. The first-order chi connectivity index (χ1) is 12.2. The van der Waals surface area contributed by atoms with Crippen LogP contribution in [-0.2, 0) is 23.7 Å². The molecule has 2 aromatic heterocycles. The topological polar surface area (TPSA) is 97.6 Å². The summed E-state index contributed by atoms with van der Waals surface area (Å²) in [7, 11) is 1.86. The first kappa shape index (κ1) is 16.7. The van der Waals surface area contributed by atoms with Crippen LogP contribution in [0.15, 0.2) is 16.2 Å². The number of rotatable bonds is 1. The lowest BCUT2D eigenvalue weighted by Crippen LogP contribution is -2.51. The molecule has 7 nitrogen and oxygen atoms in total. The SMILES string of the molecule is Cc1noc(-c2c3c(nn2C)C2(C)C=C(C#N)C(=O)C(C)(C)[C@@H]2CC3)n1. The number of aromatic nitrogens is 4. The monoisotopic (exact) mass is 351 g/mol. The third kappa shape index (κ3) is 1.99. The van der Waals surface area contributed by atoms with E-state index in [4.69, 9.17) is 9.62 Å². The second kappa shape index (κ2) is 5.13. The van der Waals surface area contributed by atoms with Crippen LogP contribution in [0, 0.1) is 29.6 Å². The molecule has 2 aromatic rings. The molecule has 0 N–H and O–H groups in total. The molecule has 0 aliphatic heterocycles. The van der Waals surface area contributed by atoms with Gasteiger partial charge in [0.2, 0.25) is 0 Å². The molecule has 4 rings (SSSR count). The van der Waals surface area contributed by atoms with Crippen molar-refractivity contribution in [2.24, 2.45) is 18.4 Å². The number of nitriles is 1. The number of Topliss-reactive ketones (excluding diaryl/α,β-unsaturated/α-hetero) is 1. The smallest absolute Gasteiger partial charge is 0.276 e. The lowest BCUT2D eigenvalue weighted by atomic mass is 9.52. The summed E-state index contributed by atoms with van der Waals surface area (Å²) in [6.45, 7) is 7.75. The zero-order chi connectivity index (χ0) is 18.9. The highest BCUT2D eigenvalue weighted by Crippen LogP contribution is 2.55. The Labute approximate surface area is 151 Å². The van der Waals surface area contributed by atoms with E-state index in [1.807, 2.05) is 27.0 Å². The average molecular weight is 351 g/mol. The Bertz CT molecular complexity index is 1000. The summed E-state index contributed by atoms with van der Waals surface area (Å²) in [5.74, 6) is 1.04. The Morgan fingerprint density at radius 3 is 2.73 bits per heavy atom. The molecular weight excluding hydrogens is 330 g/mol. The van der Waals surface area contributed by atoms with Crippen LogP contribution in [0.1, 0.15) is 44.3 Å². The molecule has 0 amide bonds. The standard InChI is InChI=1S/C19H21N5O2/c1-10-21-17(26-23-10)14-12-6-7-13-18(2,3)16(25)11(9-20)8-19(13,4)15(12)22-24(14)5/h8,13H,6-7H2,1-5H3/t13-,19?/m0/s1. The van der Waals surface area contributed by atoms with Gasteiger partial charge in [-0.15, -0.1) is 0 Å². The predicted octanol–water partition coefficient (Wildman–Crippen LogP) is 2.66. The van der Waals surface area contributed by atoms with Crippen LogP contribution in [0.4, 0.5) is 0 Å². The molecular formula is C19H21N5O2. The van der Waals surface area contributed by atoms with Crippen molar-refractivity contribution >= 4 is 5.78 Å². The van der Waals surface area contributed by atoms with E-state index in [0.29, 0.717) is 11.7 Å². The molecule has 0 radical (unpaired) electrons. The van der Waals surface area contributed by atoms with Crippen LogP contribution >= 0.6 is 0 Å². The average Bonchev–Trinajstić information content (AvgIpc) is 3.14. The van der Waals surface area contributed by atoms with Gasteiger partial charge in [-0.05, 0) is 25.7 Å². The number of carbonyl (C=O) groups excluding carboxylic acids is 1. The normalized spacial score (nSPS) is 26.7. The highest BCUT2D eigenvalue weighted by atomic mass is 16.5. The van der Waals surface area contributed by atoms with Crippen LogP contribution in [0.3, 0.4) is 0 Å². The first-order valence-corrected chi connectivity index (χ1v) is 8.75. The van der Waals surface area contributed by atoms with E-state index in [9.17, 15) is 10.1 Å². The number of carbonyl (C=O) groups is 1. The van der Waals surface area contributed by atoms with E-state index < -0.39 is 10.8 Å². The number of nitrogens with zero attached hydrogens (tertiary/aromatic N) is 5. The van der Waals surface area contributed by atoms with E-state index in [2.05, 4.69) is 23.1 Å². The lowest BCUT2D eigenvalue weighted by molar-refractivity contribution is -0.128. The summed E-state index contributed by atoms with van der Waals surface area (Å²) in [4.78, 5) is 17.1. The van der Waals surface area contributed by atoms with Gasteiger partial charge in [-0.2, -0.15) is 15.3 Å². The molecule has 0 bridgehead atoms. The van der Waals surface area contributed by atoms with Gasteiger partial charge in [0.1, 0.15) is 11.8 Å². The molecule has 2 heterocycles. The minimum Gasteiger partial charge on any atom is -0.332 e. The minimum atomic E-state index is -0.606. The first-order valence-electron chi connectivity index (χ1n) is 8.75. The van der Waals surface area contributed by atoms with E-state index in [-0.39, 0.29) is 17.3 Å². The molecule has 134 valence electrons. The second-order valence-corrected chi connectivity index (χ2v) is 8.04. The van der Waals surface area contributed by atoms with Gasteiger partial charge in [0.15, 0.2) is 11.6 Å². The Hall–Kier alpha value is -2.75. The summed E-state index contributed by atoms with van der Waals surface area (Å²) >= 11 is 0. The number of fused-ring (bicyclic) bond motifs is 3. The third-order valence-electron chi connectivity index (χ3n) is 6.06. The van der Waals surface area contributed by atoms with Crippen LogP contribution in [0.2, 0.25) is 0 Å². The van der Waals surface area contributed by atoms with Crippen molar-refractivity contribution in [2.75, 3.05) is 0 Å². The maximum absolute atomic E-state index is 12.7. The maximum atomic E-state index is 12.7. The van der Waals surface area contributed by atoms with E-state index in [1.54, 1.807) is 11.6 Å². The molecule has 0 fully saturated rings. The zero-order valence-electron chi connectivity index (χ0n) is 15.6. The number of hydrogen-bond acceptors (Lipinski definition) is 6. The van der Waals surface area contributed by atoms with Crippen molar-refractivity contribution in [3.8, 4) is 17.7 Å². The van der Waals surface area contributed by atoms with Gasteiger partial charge in [0.05, 0.1) is 11.3 Å². The highest BCUT2D eigenvalue weighted by molar-refractivity contribution is 6.04. The van der Waals surface area contributed by atoms with Crippen molar-refractivity contribution in [2.45, 2.75) is 46.0 Å².